The Balaban J connectivity index is 0. The maximum atomic E-state index is 3.78. The molecular formula is C5H9FN2. The molecule has 0 aliphatic carbocycles. The summed E-state index contributed by atoms with van der Waals surface area (Å²) in [6.07, 6.45) is 3.50. The standard InChI is InChI=1S/C5H5N.FH.H3N/c1-2-4-6-5-3-1;;/h1-5H;1H;1H3. The number of hydrogen-bond donors (Lipinski definition) is 1. The summed E-state index contributed by atoms with van der Waals surface area (Å²) in [7, 11) is 0. The third kappa shape index (κ3) is 3.24. The average Bonchev–Trinajstić information content (AvgIpc) is 1.72. The van der Waals surface area contributed by atoms with Gasteiger partial charge in [-0.1, -0.05) is 6.07 Å². The second kappa shape index (κ2) is 6.04. The van der Waals surface area contributed by atoms with Gasteiger partial charge in [-0.2, -0.15) is 0 Å². The van der Waals surface area contributed by atoms with E-state index in [1.165, 1.54) is 0 Å². The molecule has 1 heterocycles. The molecule has 46 valence electrons. The van der Waals surface area contributed by atoms with E-state index in [9.17, 15) is 0 Å². The number of nitrogens with zero attached hydrogens (tertiary/aromatic N) is 1. The van der Waals surface area contributed by atoms with E-state index >= 15 is 0 Å². The molecule has 0 amide bonds. The zero-order valence-electron chi connectivity index (χ0n) is 4.45. The maximum absolute atomic E-state index is 3.78. The van der Waals surface area contributed by atoms with Crippen LogP contribution in [0.1, 0.15) is 0 Å². The number of rotatable bonds is 0. The molecule has 3 heteroatoms. The molecule has 0 unspecified atom stereocenters. The lowest BCUT2D eigenvalue weighted by Crippen LogP contribution is -1.58. The molecule has 0 radical (unpaired) electrons. The molecule has 2 nitrogen and oxygen atoms in total. The first-order chi connectivity index (χ1) is 3.00. The SMILES string of the molecule is F.N.c1ccncc1. The van der Waals surface area contributed by atoms with E-state index in [4.69, 9.17) is 0 Å². The van der Waals surface area contributed by atoms with Crippen molar-refractivity contribution in [2.24, 2.45) is 0 Å². The second-order valence-electron chi connectivity index (χ2n) is 1.02. The zero-order valence-corrected chi connectivity index (χ0v) is 4.45. The molecule has 0 spiro atoms. The molecule has 0 fully saturated rings. The van der Waals surface area contributed by atoms with Crippen LogP contribution in [0.15, 0.2) is 30.6 Å². The van der Waals surface area contributed by atoms with Crippen molar-refractivity contribution in [1.29, 1.82) is 0 Å². The summed E-state index contributed by atoms with van der Waals surface area (Å²) in [5.74, 6) is 0. The van der Waals surface area contributed by atoms with Crippen molar-refractivity contribution in [2.75, 3.05) is 0 Å². The molecular weight excluding hydrogens is 107 g/mol. The van der Waals surface area contributed by atoms with Crippen LogP contribution in [0.3, 0.4) is 0 Å². The van der Waals surface area contributed by atoms with Crippen molar-refractivity contribution >= 4 is 0 Å². The van der Waals surface area contributed by atoms with Gasteiger partial charge in [0.25, 0.3) is 0 Å². The number of hydrogen-bond acceptors (Lipinski definition) is 2. The fourth-order valence-electron chi connectivity index (χ4n) is 0.313. The predicted molar refractivity (Wildman–Crippen MR) is 31.8 cm³/mol. The molecule has 8 heavy (non-hydrogen) atoms. The molecule has 1 rings (SSSR count). The van der Waals surface area contributed by atoms with Crippen LogP contribution in [0.2, 0.25) is 0 Å². The second-order valence-corrected chi connectivity index (χ2v) is 1.02. The molecule has 0 aromatic carbocycles. The Labute approximate surface area is 47.5 Å². The normalized spacial score (nSPS) is 6.00. The van der Waals surface area contributed by atoms with Crippen LogP contribution in [0, 0.1) is 0 Å². The van der Waals surface area contributed by atoms with Gasteiger partial charge in [-0.05, 0) is 12.1 Å². The Kier molecular flexibility index (Phi) is 7.63. The Bertz CT molecular complexity index is 82.4. The van der Waals surface area contributed by atoms with Crippen molar-refractivity contribution in [2.45, 2.75) is 0 Å². The Hall–Kier alpha value is -0.960. The fourth-order valence-corrected chi connectivity index (χ4v) is 0.313. The molecule has 3 N–H and O–H groups in total. The highest BCUT2D eigenvalue weighted by molar-refractivity contribution is 4.88. The van der Waals surface area contributed by atoms with E-state index in [1.807, 2.05) is 18.2 Å². The number of halogens is 1. The van der Waals surface area contributed by atoms with Gasteiger partial charge in [-0.25, -0.2) is 0 Å². The van der Waals surface area contributed by atoms with Crippen LogP contribution in [0.5, 0.6) is 0 Å². The molecule has 0 bridgehead atoms. The number of aromatic nitrogens is 1. The Morgan fingerprint density at radius 2 is 1.38 bits per heavy atom. The molecule has 1 aromatic heterocycles. The summed E-state index contributed by atoms with van der Waals surface area (Å²) in [4.78, 5) is 3.78. The van der Waals surface area contributed by atoms with E-state index in [0.717, 1.165) is 0 Å². The first-order valence-electron chi connectivity index (χ1n) is 1.85. The predicted octanol–water partition coefficient (Wildman–Crippen LogP) is 1.40. The van der Waals surface area contributed by atoms with Crippen molar-refractivity contribution in [3.8, 4) is 0 Å². The highest BCUT2D eigenvalue weighted by Gasteiger charge is 1.58. The van der Waals surface area contributed by atoms with E-state index in [0.29, 0.717) is 0 Å². The van der Waals surface area contributed by atoms with Crippen LogP contribution in [-0.4, -0.2) is 4.98 Å². The van der Waals surface area contributed by atoms with Crippen LogP contribution < -0.4 is 6.15 Å². The summed E-state index contributed by atoms with van der Waals surface area (Å²) >= 11 is 0. The van der Waals surface area contributed by atoms with Gasteiger partial charge in [0.05, 0.1) is 0 Å². The van der Waals surface area contributed by atoms with Gasteiger partial charge in [0.1, 0.15) is 0 Å². The van der Waals surface area contributed by atoms with E-state index in [-0.39, 0.29) is 10.9 Å². The van der Waals surface area contributed by atoms with Gasteiger partial charge >= 0.3 is 0 Å². The zero-order chi connectivity index (χ0) is 4.24. The minimum atomic E-state index is 0. The third-order valence-electron chi connectivity index (χ3n) is 0.566. The van der Waals surface area contributed by atoms with E-state index in [2.05, 4.69) is 4.98 Å². The molecule has 0 saturated heterocycles. The third-order valence-corrected chi connectivity index (χ3v) is 0.566. The van der Waals surface area contributed by atoms with Gasteiger partial charge in [0.2, 0.25) is 0 Å². The largest absolute Gasteiger partial charge is 0.344 e. The van der Waals surface area contributed by atoms with Crippen molar-refractivity contribution in [1.82, 2.24) is 11.1 Å². The first-order valence-corrected chi connectivity index (χ1v) is 1.85. The van der Waals surface area contributed by atoms with Crippen molar-refractivity contribution in [3.05, 3.63) is 30.6 Å². The first kappa shape index (κ1) is 10.1. The Morgan fingerprint density at radius 3 is 1.50 bits per heavy atom. The highest BCUT2D eigenvalue weighted by Crippen LogP contribution is 1.73. The van der Waals surface area contributed by atoms with Gasteiger partial charge in [-0.15, -0.1) is 0 Å². The maximum Gasteiger partial charge on any atom is 0.0267 e. The summed E-state index contributed by atoms with van der Waals surface area (Å²) in [6.45, 7) is 0. The lowest BCUT2D eigenvalue weighted by molar-refractivity contribution is 1.11. The minimum absolute atomic E-state index is 0. The Morgan fingerprint density at radius 1 is 0.875 bits per heavy atom. The summed E-state index contributed by atoms with van der Waals surface area (Å²) < 4.78 is 0. The fraction of sp³-hybridized carbons (Fsp3) is 0. The topological polar surface area (TPSA) is 47.9 Å². The van der Waals surface area contributed by atoms with Crippen LogP contribution >= 0.6 is 0 Å². The van der Waals surface area contributed by atoms with Crippen molar-refractivity contribution in [3.63, 3.8) is 0 Å². The van der Waals surface area contributed by atoms with Gasteiger partial charge in [0, 0.05) is 12.4 Å². The smallest absolute Gasteiger partial charge is 0.0267 e. The van der Waals surface area contributed by atoms with Crippen LogP contribution in [0.4, 0.5) is 4.70 Å². The van der Waals surface area contributed by atoms with Crippen LogP contribution in [-0.2, 0) is 0 Å². The lowest BCUT2D eigenvalue weighted by Gasteiger charge is -1.70. The summed E-state index contributed by atoms with van der Waals surface area (Å²) in [6, 6.07) is 5.72. The molecule has 0 saturated carbocycles. The quantitative estimate of drug-likeness (QED) is 0.556. The number of pyridine rings is 1. The average molecular weight is 116 g/mol. The van der Waals surface area contributed by atoms with E-state index in [1.54, 1.807) is 12.4 Å². The highest BCUT2D eigenvalue weighted by atomic mass is 19.0. The minimum Gasteiger partial charge on any atom is -0.344 e. The lowest BCUT2D eigenvalue weighted by atomic mass is 10.5. The van der Waals surface area contributed by atoms with Gasteiger partial charge in [0.15, 0.2) is 0 Å². The monoisotopic (exact) mass is 116 g/mol. The summed E-state index contributed by atoms with van der Waals surface area (Å²) in [5.41, 5.74) is 0. The van der Waals surface area contributed by atoms with Crippen molar-refractivity contribution < 1.29 is 4.70 Å². The van der Waals surface area contributed by atoms with Gasteiger partial charge in [-0.3, -0.25) is 9.69 Å². The molecule has 0 atom stereocenters. The molecule has 0 aliphatic heterocycles. The van der Waals surface area contributed by atoms with E-state index < -0.39 is 0 Å². The van der Waals surface area contributed by atoms with Crippen LogP contribution in [0.25, 0.3) is 0 Å². The molecule has 0 aliphatic rings. The summed E-state index contributed by atoms with van der Waals surface area (Å²) in [5, 5.41) is 0. The van der Waals surface area contributed by atoms with Gasteiger partial charge < -0.3 is 6.15 Å². The molecule has 1 aromatic rings.